The molecule has 0 fully saturated rings. The van der Waals surface area contributed by atoms with Crippen molar-refractivity contribution in [1.82, 2.24) is 4.57 Å². The first-order valence-electron chi connectivity index (χ1n) is 9.77. The number of aryl methyl sites for hydroxylation is 2. The van der Waals surface area contributed by atoms with Crippen molar-refractivity contribution in [2.75, 3.05) is 11.0 Å². The van der Waals surface area contributed by atoms with E-state index in [1.165, 1.54) is 10.6 Å². The van der Waals surface area contributed by atoms with Crippen LogP contribution in [0, 0.1) is 6.92 Å². The molecule has 32 heavy (non-hydrogen) atoms. The third-order valence-corrected chi connectivity index (χ3v) is 5.93. The van der Waals surface area contributed by atoms with Crippen molar-refractivity contribution in [3.05, 3.63) is 98.4 Å². The predicted octanol–water partition coefficient (Wildman–Crippen LogP) is 3.92. The number of halogens is 1. The molecule has 2 aromatic carbocycles. The standard InChI is InChI=1S/C23H24ClN3O4S/c1-15-12-18(24)7-10-20(15)23(17-5-8-19(9-6-17)26-32(3,30)31)21(25-29)13-16-4-11-22(28)27(2)14-16/h4-12,14,23,26,29H,13H2,1-3H3/b25-21+. The summed E-state index contributed by atoms with van der Waals surface area (Å²) in [6, 6.07) is 15.6. The lowest BCUT2D eigenvalue weighted by atomic mass is 9.83. The fourth-order valence-corrected chi connectivity index (χ4v) is 4.42. The molecule has 0 aliphatic heterocycles. The Hall–Kier alpha value is -3.10. The summed E-state index contributed by atoms with van der Waals surface area (Å²) in [4.78, 5) is 11.7. The minimum Gasteiger partial charge on any atom is -0.411 e. The fraction of sp³-hybridized carbons (Fsp3) is 0.217. The van der Waals surface area contributed by atoms with Crippen LogP contribution in [0.5, 0.6) is 0 Å². The van der Waals surface area contributed by atoms with Crippen molar-refractivity contribution in [3.63, 3.8) is 0 Å². The van der Waals surface area contributed by atoms with E-state index < -0.39 is 15.9 Å². The first-order chi connectivity index (χ1) is 15.1. The van der Waals surface area contributed by atoms with Crippen LogP contribution >= 0.6 is 11.6 Å². The van der Waals surface area contributed by atoms with Gasteiger partial charge in [-0.1, -0.05) is 41.0 Å². The Morgan fingerprint density at radius 1 is 1.16 bits per heavy atom. The molecule has 1 atom stereocenters. The molecule has 0 spiro atoms. The summed E-state index contributed by atoms with van der Waals surface area (Å²) in [5.74, 6) is -0.415. The van der Waals surface area contributed by atoms with E-state index in [0.717, 1.165) is 28.5 Å². The molecular formula is C23H24ClN3O4S. The maximum absolute atomic E-state index is 11.7. The lowest BCUT2D eigenvalue weighted by Crippen LogP contribution is -2.20. The molecule has 168 valence electrons. The molecule has 2 N–H and O–H groups in total. The van der Waals surface area contributed by atoms with Crippen LogP contribution in [0.25, 0.3) is 0 Å². The Morgan fingerprint density at radius 2 is 1.84 bits per heavy atom. The molecular weight excluding hydrogens is 450 g/mol. The quantitative estimate of drug-likeness (QED) is 0.308. The lowest BCUT2D eigenvalue weighted by molar-refractivity contribution is 0.316. The average Bonchev–Trinajstić information content (AvgIpc) is 2.71. The predicted molar refractivity (Wildman–Crippen MR) is 128 cm³/mol. The summed E-state index contributed by atoms with van der Waals surface area (Å²) >= 11 is 6.15. The highest BCUT2D eigenvalue weighted by atomic mass is 35.5. The van der Waals surface area contributed by atoms with Crippen LogP contribution in [0.3, 0.4) is 0 Å². The highest BCUT2D eigenvalue weighted by Gasteiger charge is 2.24. The van der Waals surface area contributed by atoms with Crippen LogP contribution in [0.1, 0.15) is 28.2 Å². The van der Waals surface area contributed by atoms with Crippen LogP contribution in [-0.2, 0) is 23.5 Å². The molecule has 0 saturated heterocycles. The highest BCUT2D eigenvalue weighted by Crippen LogP contribution is 2.32. The molecule has 0 aliphatic carbocycles. The fourth-order valence-electron chi connectivity index (χ4n) is 3.63. The van der Waals surface area contributed by atoms with Gasteiger partial charge in [-0.2, -0.15) is 0 Å². The zero-order valence-electron chi connectivity index (χ0n) is 17.9. The summed E-state index contributed by atoms with van der Waals surface area (Å²) < 4.78 is 27.0. The number of oxime groups is 1. The van der Waals surface area contributed by atoms with Crippen molar-refractivity contribution in [2.24, 2.45) is 12.2 Å². The number of anilines is 1. The van der Waals surface area contributed by atoms with Gasteiger partial charge in [0.15, 0.2) is 0 Å². The minimum absolute atomic E-state index is 0.129. The Morgan fingerprint density at radius 3 is 2.41 bits per heavy atom. The van der Waals surface area contributed by atoms with Crippen LogP contribution in [0.4, 0.5) is 5.69 Å². The lowest BCUT2D eigenvalue weighted by Gasteiger charge is -2.22. The van der Waals surface area contributed by atoms with Crippen molar-refractivity contribution >= 4 is 33.0 Å². The number of benzene rings is 2. The van der Waals surface area contributed by atoms with E-state index in [1.807, 2.05) is 19.1 Å². The number of nitrogens with one attached hydrogen (secondary N) is 1. The molecule has 0 bridgehead atoms. The summed E-state index contributed by atoms with van der Waals surface area (Å²) in [5, 5.41) is 14.2. The number of sulfonamides is 1. The van der Waals surface area contributed by atoms with E-state index in [9.17, 15) is 18.4 Å². The first-order valence-corrected chi connectivity index (χ1v) is 12.0. The minimum atomic E-state index is -3.40. The molecule has 3 aromatic rings. The van der Waals surface area contributed by atoms with Gasteiger partial charge in [-0.05, 0) is 53.4 Å². The van der Waals surface area contributed by atoms with Gasteiger partial charge in [-0.25, -0.2) is 8.42 Å². The number of pyridine rings is 1. The summed E-state index contributed by atoms with van der Waals surface area (Å²) in [7, 11) is -1.74. The van der Waals surface area contributed by atoms with Gasteiger partial charge in [0, 0.05) is 36.4 Å². The molecule has 0 aliphatic rings. The number of rotatable bonds is 7. The zero-order valence-corrected chi connectivity index (χ0v) is 19.5. The second-order valence-electron chi connectivity index (χ2n) is 7.68. The SMILES string of the molecule is Cc1cc(Cl)ccc1C(/C(Cc1ccc(=O)n(C)c1)=N/O)c1ccc(NS(C)(=O)=O)cc1. The normalized spacial score (nSPS) is 13.1. The third kappa shape index (κ3) is 5.77. The van der Waals surface area contributed by atoms with Gasteiger partial charge in [0.05, 0.1) is 17.9 Å². The topological polar surface area (TPSA) is 101 Å². The van der Waals surface area contributed by atoms with Crippen LogP contribution in [0.15, 0.2) is 70.7 Å². The number of hydrogen-bond donors (Lipinski definition) is 2. The largest absolute Gasteiger partial charge is 0.411 e. The van der Waals surface area contributed by atoms with E-state index in [4.69, 9.17) is 11.6 Å². The highest BCUT2D eigenvalue weighted by molar-refractivity contribution is 7.92. The Labute approximate surface area is 192 Å². The van der Waals surface area contributed by atoms with Crippen molar-refractivity contribution in [3.8, 4) is 0 Å². The molecule has 1 heterocycles. The number of aromatic nitrogens is 1. The van der Waals surface area contributed by atoms with Gasteiger partial charge in [-0.15, -0.1) is 0 Å². The number of hydrogen-bond acceptors (Lipinski definition) is 5. The maximum atomic E-state index is 11.7. The third-order valence-electron chi connectivity index (χ3n) is 5.08. The van der Waals surface area contributed by atoms with E-state index in [1.54, 1.807) is 49.6 Å². The summed E-state index contributed by atoms with van der Waals surface area (Å²) in [5.41, 5.74) is 4.22. The van der Waals surface area contributed by atoms with Gasteiger partial charge >= 0.3 is 0 Å². The Balaban J connectivity index is 2.07. The first kappa shape index (κ1) is 23.6. The van der Waals surface area contributed by atoms with Crippen LogP contribution < -0.4 is 10.3 Å². The molecule has 1 aromatic heterocycles. The summed E-state index contributed by atoms with van der Waals surface area (Å²) in [6.45, 7) is 1.93. The van der Waals surface area contributed by atoms with Crippen molar-refractivity contribution in [1.29, 1.82) is 0 Å². The van der Waals surface area contributed by atoms with Gasteiger partial charge in [0.25, 0.3) is 0 Å². The van der Waals surface area contributed by atoms with E-state index >= 15 is 0 Å². The van der Waals surface area contributed by atoms with Gasteiger partial charge in [0.1, 0.15) is 0 Å². The smallest absolute Gasteiger partial charge is 0.250 e. The molecule has 0 radical (unpaired) electrons. The monoisotopic (exact) mass is 473 g/mol. The Kier molecular flexibility index (Phi) is 7.06. The Bertz CT molecular complexity index is 1320. The summed E-state index contributed by atoms with van der Waals surface area (Å²) in [6.07, 6.45) is 3.10. The van der Waals surface area contributed by atoms with Gasteiger partial charge < -0.3 is 9.77 Å². The zero-order chi connectivity index (χ0) is 23.5. The van der Waals surface area contributed by atoms with Crippen molar-refractivity contribution in [2.45, 2.75) is 19.3 Å². The second kappa shape index (κ2) is 9.58. The van der Waals surface area contributed by atoms with Gasteiger partial charge in [-0.3, -0.25) is 9.52 Å². The maximum Gasteiger partial charge on any atom is 0.250 e. The molecule has 9 heteroatoms. The molecule has 0 amide bonds. The number of nitrogens with zero attached hydrogens (tertiary/aromatic N) is 2. The molecule has 0 saturated carbocycles. The van der Waals surface area contributed by atoms with Gasteiger partial charge in [0.2, 0.25) is 15.6 Å². The van der Waals surface area contributed by atoms with E-state index in [2.05, 4.69) is 9.88 Å². The molecule has 1 unspecified atom stereocenters. The average molecular weight is 474 g/mol. The van der Waals surface area contributed by atoms with Crippen LogP contribution in [-0.4, -0.2) is 30.2 Å². The van der Waals surface area contributed by atoms with Crippen molar-refractivity contribution < 1.29 is 13.6 Å². The van der Waals surface area contributed by atoms with Crippen LogP contribution in [0.2, 0.25) is 5.02 Å². The van der Waals surface area contributed by atoms with E-state index in [-0.39, 0.29) is 5.56 Å². The molecule has 3 rings (SSSR count). The molecule has 7 nitrogen and oxygen atoms in total. The second-order valence-corrected chi connectivity index (χ2v) is 9.87. The van der Waals surface area contributed by atoms with E-state index in [0.29, 0.717) is 22.8 Å².